The summed E-state index contributed by atoms with van der Waals surface area (Å²) in [5.41, 5.74) is -0.182. The molecule has 0 spiro atoms. The first-order chi connectivity index (χ1) is 16.4. The highest BCUT2D eigenvalue weighted by Gasteiger charge is 2.57. The summed E-state index contributed by atoms with van der Waals surface area (Å²) in [7, 11) is -4.79. The molecular weight excluding hydrogens is 510 g/mol. The molecule has 3 rings (SSSR count). The minimum Gasteiger partial charge on any atom is -0.477 e. The quantitative estimate of drug-likeness (QED) is 0.122. The number of amides is 2. The summed E-state index contributed by atoms with van der Waals surface area (Å²) >= 11 is 1.10. The van der Waals surface area contributed by atoms with Crippen LogP contribution in [0.5, 0.6) is 0 Å². The zero-order chi connectivity index (χ0) is 25.9. The normalized spacial score (nSPS) is 20.2. The number of carbonyl (C=O) groups excluding carboxylic acids is 2. The molecule has 0 aliphatic carbocycles. The van der Waals surface area contributed by atoms with E-state index in [-0.39, 0.29) is 42.3 Å². The average molecular weight is 532 g/mol. The van der Waals surface area contributed by atoms with Crippen molar-refractivity contribution in [1.82, 2.24) is 10.2 Å². The molecule has 1 fully saturated rings. The van der Waals surface area contributed by atoms with Crippen molar-refractivity contribution in [2.45, 2.75) is 32.1 Å². The summed E-state index contributed by atoms with van der Waals surface area (Å²) in [6.07, 6.45) is -1.86. The Kier molecular flexibility index (Phi) is 7.99. The largest absolute Gasteiger partial charge is 0.477 e. The molecule has 16 heteroatoms. The van der Waals surface area contributed by atoms with Gasteiger partial charge in [-0.1, -0.05) is 12.1 Å². The number of hydrogen-bond donors (Lipinski definition) is 3. The van der Waals surface area contributed by atoms with Crippen molar-refractivity contribution in [2.24, 2.45) is 5.92 Å². The number of ether oxygens (including phenoxy) is 1. The van der Waals surface area contributed by atoms with Crippen molar-refractivity contribution >= 4 is 45.8 Å². The van der Waals surface area contributed by atoms with Gasteiger partial charge in [-0.05, 0) is 13.0 Å². The van der Waals surface area contributed by atoms with Crippen molar-refractivity contribution in [3.05, 3.63) is 50.5 Å². The lowest BCUT2D eigenvalue weighted by molar-refractivity contribution is -0.385. The highest BCUT2D eigenvalue weighted by atomic mass is 32.3. The standard InChI is InChI=1S/C19H21N3O11S2/c1-10(33-35(29,30)31)15-13-8-14(16(18(24)25)21(13)17(15)23)34-7-6-20-19(26)32-9-11-4-2-3-5-12(11)22(27)28/h2-5,10,13,15H,6-9H2,1H3,(H,20,26)(H,24,25)(H,29,30,31)/t10-,13+,15-/m0/s1. The Morgan fingerprint density at radius 2 is 2.06 bits per heavy atom. The number of thioether (sulfide) groups is 1. The van der Waals surface area contributed by atoms with Gasteiger partial charge in [-0.3, -0.25) is 19.5 Å². The Bertz CT molecular complexity index is 1180. The second kappa shape index (κ2) is 10.6. The van der Waals surface area contributed by atoms with E-state index < -0.39 is 51.4 Å². The third-order valence-electron chi connectivity index (χ3n) is 5.34. The van der Waals surface area contributed by atoms with Gasteiger partial charge in [-0.2, -0.15) is 8.42 Å². The number of β-lactam (4-membered cyclic amide) rings is 1. The number of nitro benzene ring substituents is 1. The van der Waals surface area contributed by atoms with Gasteiger partial charge in [0.2, 0.25) is 5.91 Å². The van der Waals surface area contributed by atoms with Crippen molar-refractivity contribution in [3.63, 3.8) is 0 Å². The average Bonchev–Trinajstić information content (AvgIpc) is 3.08. The predicted octanol–water partition coefficient (Wildman–Crippen LogP) is 1.29. The lowest BCUT2D eigenvalue weighted by Gasteiger charge is -2.45. The number of nitro groups is 1. The number of hydrogen-bond acceptors (Lipinski definition) is 10. The molecule has 0 radical (unpaired) electrons. The highest BCUT2D eigenvalue weighted by Crippen LogP contribution is 2.47. The Labute approximate surface area is 203 Å². The monoisotopic (exact) mass is 531 g/mol. The molecule has 1 saturated heterocycles. The number of alkyl carbamates (subject to hydrolysis) is 1. The number of rotatable bonds is 11. The van der Waals surface area contributed by atoms with E-state index >= 15 is 0 Å². The van der Waals surface area contributed by atoms with Crippen LogP contribution in [-0.2, 0) is 35.5 Å². The number of nitrogens with zero attached hydrogens (tertiary/aromatic N) is 2. The maximum Gasteiger partial charge on any atom is 0.407 e. The van der Waals surface area contributed by atoms with Crippen LogP contribution >= 0.6 is 11.8 Å². The second-order valence-corrected chi connectivity index (χ2v) is 9.79. The maximum absolute atomic E-state index is 12.5. The van der Waals surface area contributed by atoms with Gasteiger partial charge in [0, 0.05) is 29.7 Å². The maximum atomic E-state index is 12.5. The zero-order valence-electron chi connectivity index (χ0n) is 18.1. The number of benzene rings is 1. The van der Waals surface area contributed by atoms with E-state index in [2.05, 4.69) is 9.50 Å². The Balaban J connectivity index is 1.51. The summed E-state index contributed by atoms with van der Waals surface area (Å²) in [6, 6.07) is 5.18. The lowest BCUT2D eigenvalue weighted by Crippen LogP contribution is -2.62. The number of carboxylic acids is 1. The van der Waals surface area contributed by atoms with Crippen LogP contribution in [0.4, 0.5) is 10.5 Å². The number of fused-ring (bicyclic) bond motifs is 1. The van der Waals surface area contributed by atoms with Crippen LogP contribution in [0.3, 0.4) is 0 Å². The van der Waals surface area contributed by atoms with Crippen LogP contribution in [-0.4, -0.2) is 70.3 Å². The van der Waals surface area contributed by atoms with Gasteiger partial charge < -0.3 is 20.1 Å². The molecule has 2 heterocycles. The second-order valence-electron chi connectivity index (χ2n) is 7.55. The first kappa shape index (κ1) is 26.4. The Morgan fingerprint density at radius 1 is 1.37 bits per heavy atom. The van der Waals surface area contributed by atoms with Crippen LogP contribution in [0.25, 0.3) is 0 Å². The lowest BCUT2D eigenvalue weighted by atomic mass is 9.83. The van der Waals surface area contributed by atoms with E-state index in [9.17, 15) is 38.0 Å². The third-order valence-corrected chi connectivity index (χ3v) is 7.01. The summed E-state index contributed by atoms with van der Waals surface area (Å²) in [5, 5.41) is 23.0. The topological polar surface area (TPSA) is 203 Å². The smallest absolute Gasteiger partial charge is 0.407 e. The van der Waals surface area contributed by atoms with E-state index in [1.165, 1.54) is 25.1 Å². The van der Waals surface area contributed by atoms with Gasteiger partial charge in [-0.15, -0.1) is 11.8 Å². The van der Waals surface area contributed by atoms with Crippen LogP contribution < -0.4 is 5.32 Å². The van der Waals surface area contributed by atoms with Crippen LogP contribution in [0.2, 0.25) is 0 Å². The van der Waals surface area contributed by atoms with Crippen molar-refractivity contribution in [2.75, 3.05) is 12.3 Å². The minimum absolute atomic E-state index is 0.0705. The molecule has 35 heavy (non-hydrogen) atoms. The molecule has 3 N–H and O–H groups in total. The molecule has 1 aromatic rings. The number of para-hydroxylation sites is 1. The summed E-state index contributed by atoms with van der Waals surface area (Å²) in [4.78, 5) is 47.9. The van der Waals surface area contributed by atoms with Crippen molar-refractivity contribution in [3.8, 4) is 0 Å². The highest BCUT2D eigenvalue weighted by molar-refractivity contribution is 8.03. The van der Waals surface area contributed by atoms with Gasteiger partial charge in [0.1, 0.15) is 12.3 Å². The molecule has 2 aliphatic rings. The minimum atomic E-state index is -4.79. The summed E-state index contributed by atoms with van der Waals surface area (Å²) in [5.74, 6) is -2.68. The first-order valence-corrected chi connectivity index (χ1v) is 12.5. The molecule has 1 aromatic carbocycles. The van der Waals surface area contributed by atoms with Crippen LogP contribution in [0.1, 0.15) is 18.9 Å². The van der Waals surface area contributed by atoms with E-state index in [1.807, 2.05) is 0 Å². The van der Waals surface area contributed by atoms with E-state index in [0.717, 1.165) is 16.7 Å². The van der Waals surface area contributed by atoms with E-state index in [1.54, 1.807) is 6.07 Å². The fraction of sp³-hybridized carbons (Fsp3) is 0.421. The zero-order valence-corrected chi connectivity index (χ0v) is 19.8. The Morgan fingerprint density at radius 3 is 2.69 bits per heavy atom. The van der Waals surface area contributed by atoms with E-state index in [4.69, 9.17) is 9.29 Å². The van der Waals surface area contributed by atoms with Crippen molar-refractivity contribution in [1.29, 1.82) is 0 Å². The van der Waals surface area contributed by atoms with Crippen LogP contribution in [0.15, 0.2) is 34.9 Å². The molecular formula is C19H21N3O11S2. The fourth-order valence-corrected chi connectivity index (χ4v) is 5.49. The number of carboxylic acid groups (broad SMARTS) is 1. The molecule has 2 aliphatic heterocycles. The third kappa shape index (κ3) is 6.08. The molecule has 0 saturated carbocycles. The molecule has 0 bridgehead atoms. The first-order valence-electron chi connectivity index (χ1n) is 10.1. The molecule has 3 atom stereocenters. The van der Waals surface area contributed by atoms with Gasteiger partial charge >= 0.3 is 22.5 Å². The molecule has 0 unspecified atom stereocenters. The molecule has 2 amide bonds. The van der Waals surface area contributed by atoms with Gasteiger partial charge in [0.05, 0.1) is 28.6 Å². The molecule has 14 nitrogen and oxygen atoms in total. The molecule has 0 aromatic heterocycles. The predicted molar refractivity (Wildman–Crippen MR) is 119 cm³/mol. The van der Waals surface area contributed by atoms with Gasteiger partial charge in [0.15, 0.2) is 0 Å². The summed E-state index contributed by atoms with van der Waals surface area (Å²) in [6.45, 7) is 1.05. The van der Waals surface area contributed by atoms with Gasteiger partial charge in [0.25, 0.3) is 5.69 Å². The Hall–Kier alpha value is -3.21. The fourth-order valence-electron chi connectivity index (χ4n) is 3.93. The molecule has 190 valence electrons. The van der Waals surface area contributed by atoms with E-state index in [0.29, 0.717) is 4.91 Å². The number of carbonyl (C=O) groups is 3. The van der Waals surface area contributed by atoms with Crippen molar-refractivity contribution < 1.29 is 46.3 Å². The number of aliphatic carboxylic acids is 1. The van der Waals surface area contributed by atoms with Gasteiger partial charge in [-0.25, -0.2) is 13.8 Å². The number of nitrogens with one attached hydrogen (secondary N) is 1. The summed E-state index contributed by atoms with van der Waals surface area (Å²) < 4.78 is 40.2. The van der Waals surface area contributed by atoms with Crippen LogP contribution in [0, 0.1) is 16.0 Å². The SMILES string of the molecule is C[C@H](OS(=O)(=O)O)[C@@H]1C(=O)N2C(C(=O)O)=C(SCCNC(=O)OCc3ccccc3[N+](=O)[O-])C[C@H]12.